The van der Waals surface area contributed by atoms with E-state index in [9.17, 15) is 0 Å². The molecule has 1 saturated heterocycles. The standard InChI is InChI=1S/C17H34N2/c1-17(2)10-9-16(18-3)15(13-17)14-19-11-7-5-4-6-8-12-19/h15-16,18H,4-14H2,1-3H3. The number of nitrogens with zero attached hydrogens (tertiary/aromatic N) is 1. The van der Waals surface area contributed by atoms with Gasteiger partial charge in [0.15, 0.2) is 0 Å². The molecule has 0 amide bonds. The molecule has 1 saturated carbocycles. The summed E-state index contributed by atoms with van der Waals surface area (Å²) in [5, 5.41) is 3.58. The monoisotopic (exact) mass is 266 g/mol. The van der Waals surface area contributed by atoms with Gasteiger partial charge in [0.2, 0.25) is 0 Å². The molecule has 1 aliphatic carbocycles. The van der Waals surface area contributed by atoms with E-state index in [1.807, 2.05) is 0 Å². The molecule has 2 rings (SSSR count). The average molecular weight is 266 g/mol. The second-order valence-electron chi connectivity index (χ2n) is 7.63. The summed E-state index contributed by atoms with van der Waals surface area (Å²) in [5.41, 5.74) is 0.556. The summed E-state index contributed by atoms with van der Waals surface area (Å²) in [7, 11) is 2.16. The number of rotatable bonds is 3. The molecule has 1 aliphatic heterocycles. The van der Waals surface area contributed by atoms with E-state index in [4.69, 9.17) is 0 Å². The van der Waals surface area contributed by atoms with Crippen molar-refractivity contribution in [1.82, 2.24) is 10.2 Å². The van der Waals surface area contributed by atoms with Crippen LogP contribution in [0.25, 0.3) is 0 Å². The summed E-state index contributed by atoms with van der Waals surface area (Å²) in [6.07, 6.45) is 11.3. The van der Waals surface area contributed by atoms with E-state index >= 15 is 0 Å². The Kier molecular flexibility index (Phi) is 5.70. The van der Waals surface area contributed by atoms with Gasteiger partial charge < -0.3 is 10.2 Å². The van der Waals surface area contributed by atoms with Crippen LogP contribution in [0.5, 0.6) is 0 Å². The minimum Gasteiger partial charge on any atom is -0.317 e. The van der Waals surface area contributed by atoms with Crippen LogP contribution in [0.4, 0.5) is 0 Å². The summed E-state index contributed by atoms with van der Waals surface area (Å²) in [5.74, 6) is 0.855. The average Bonchev–Trinajstić information content (AvgIpc) is 2.32. The summed E-state index contributed by atoms with van der Waals surface area (Å²) in [6, 6.07) is 0.749. The Morgan fingerprint density at radius 1 is 1.05 bits per heavy atom. The minimum atomic E-state index is 0.556. The Bertz CT molecular complexity index is 254. The third kappa shape index (κ3) is 4.75. The van der Waals surface area contributed by atoms with E-state index < -0.39 is 0 Å². The summed E-state index contributed by atoms with van der Waals surface area (Å²) in [4.78, 5) is 2.76. The summed E-state index contributed by atoms with van der Waals surface area (Å²) < 4.78 is 0. The predicted octanol–water partition coefficient (Wildman–Crippen LogP) is 3.67. The molecule has 2 atom stereocenters. The van der Waals surface area contributed by atoms with Gasteiger partial charge in [0.25, 0.3) is 0 Å². The second kappa shape index (κ2) is 7.08. The molecule has 2 aliphatic rings. The highest BCUT2D eigenvalue weighted by molar-refractivity contribution is 4.89. The zero-order valence-electron chi connectivity index (χ0n) is 13.4. The van der Waals surface area contributed by atoms with Crippen LogP contribution in [-0.2, 0) is 0 Å². The quantitative estimate of drug-likeness (QED) is 0.838. The van der Waals surface area contributed by atoms with Crippen molar-refractivity contribution in [2.45, 2.75) is 71.3 Å². The fourth-order valence-electron chi connectivity index (χ4n) is 4.14. The molecule has 0 bridgehead atoms. The number of hydrogen-bond donors (Lipinski definition) is 1. The van der Waals surface area contributed by atoms with Crippen molar-refractivity contribution in [3.05, 3.63) is 0 Å². The van der Waals surface area contributed by atoms with Crippen LogP contribution in [0, 0.1) is 11.3 Å². The van der Waals surface area contributed by atoms with Crippen LogP contribution in [0.1, 0.15) is 65.2 Å². The van der Waals surface area contributed by atoms with Crippen molar-refractivity contribution < 1.29 is 0 Å². The van der Waals surface area contributed by atoms with Gasteiger partial charge in [-0.05, 0) is 63.6 Å². The minimum absolute atomic E-state index is 0.556. The first-order valence-corrected chi connectivity index (χ1v) is 8.50. The molecule has 0 radical (unpaired) electrons. The molecular formula is C17H34N2. The molecule has 2 fully saturated rings. The largest absolute Gasteiger partial charge is 0.317 e. The molecule has 0 spiro atoms. The lowest BCUT2D eigenvalue weighted by Gasteiger charge is -2.43. The summed E-state index contributed by atoms with van der Waals surface area (Å²) in [6.45, 7) is 8.92. The molecule has 1 heterocycles. The fraction of sp³-hybridized carbons (Fsp3) is 1.00. The lowest BCUT2D eigenvalue weighted by Crippen LogP contribution is -2.47. The van der Waals surface area contributed by atoms with E-state index in [2.05, 4.69) is 31.1 Å². The van der Waals surface area contributed by atoms with Gasteiger partial charge in [-0.3, -0.25) is 0 Å². The van der Waals surface area contributed by atoms with E-state index in [-0.39, 0.29) is 0 Å². The van der Waals surface area contributed by atoms with E-state index in [1.165, 1.54) is 71.0 Å². The smallest absolute Gasteiger partial charge is 0.0105 e. The highest BCUT2D eigenvalue weighted by Gasteiger charge is 2.34. The zero-order valence-corrected chi connectivity index (χ0v) is 13.4. The van der Waals surface area contributed by atoms with Crippen molar-refractivity contribution in [3.63, 3.8) is 0 Å². The van der Waals surface area contributed by atoms with Gasteiger partial charge in [-0.2, -0.15) is 0 Å². The first kappa shape index (κ1) is 15.3. The van der Waals surface area contributed by atoms with Crippen molar-refractivity contribution in [1.29, 1.82) is 0 Å². The van der Waals surface area contributed by atoms with Crippen LogP contribution < -0.4 is 5.32 Å². The van der Waals surface area contributed by atoms with Gasteiger partial charge in [-0.1, -0.05) is 33.1 Å². The topological polar surface area (TPSA) is 15.3 Å². The van der Waals surface area contributed by atoms with Gasteiger partial charge in [0.05, 0.1) is 0 Å². The lowest BCUT2D eigenvalue weighted by atomic mass is 9.69. The number of nitrogens with one attached hydrogen (secondary N) is 1. The highest BCUT2D eigenvalue weighted by Crippen LogP contribution is 2.39. The van der Waals surface area contributed by atoms with Gasteiger partial charge in [-0.25, -0.2) is 0 Å². The summed E-state index contributed by atoms with van der Waals surface area (Å²) >= 11 is 0. The van der Waals surface area contributed by atoms with Crippen LogP contribution in [0.15, 0.2) is 0 Å². The first-order valence-electron chi connectivity index (χ1n) is 8.50. The van der Waals surface area contributed by atoms with Gasteiger partial charge in [-0.15, -0.1) is 0 Å². The van der Waals surface area contributed by atoms with Crippen molar-refractivity contribution in [2.75, 3.05) is 26.7 Å². The Morgan fingerprint density at radius 3 is 2.32 bits per heavy atom. The molecule has 2 nitrogen and oxygen atoms in total. The van der Waals surface area contributed by atoms with Gasteiger partial charge in [0, 0.05) is 12.6 Å². The zero-order chi connectivity index (χ0) is 13.7. The third-order valence-electron chi connectivity index (χ3n) is 5.33. The molecule has 0 aromatic heterocycles. The number of hydrogen-bond acceptors (Lipinski definition) is 2. The third-order valence-corrected chi connectivity index (χ3v) is 5.33. The molecule has 2 unspecified atom stereocenters. The fourth-order valence-corrected chi connectivity index (χ4v) is 4.14. The Balaban J connectivity index is 1.89. The predicted molar refractivity (Wildman–Crippen MR) is 83.5 cm³/mol. The van der Waals surface area contributed by atoms with E-state index in [0.717, 1.165) is 12.0 Å². The van der Waals surface area contributed by atoms with E-state index in [0.29, 0.717) is 5.41 Å². The van der Waals surface area contributed by atoms with Crippen molar-refractivity contribution >= 4 is 0 Å². The molecule has 0 aromatic rings. The number of likely N-dealkylation sites (tertiary alicyclic amines) is 1. The second-order valence-corrected chi connectivity index (χ2v) is 7.63. The Morgan fingerprint density at radius 2 is 1.68 bits per heavy atom. The lowest BCUT2D eigenvalue weighted by molar-refractivity contribution is 0.0993. The van der Waals surface area contributed by atoms with Crippen LogP contribution in [0.3, 0.4) is 0 Å². The molecule has 112 valence electrons. The van der Waals surface area contributed by atoms with Gasteiger partial charge in [0.1, 0.15) is 0 Å². The Hall–Kier alpha value is -0.0800. The Labute approximate surface area is 120 Å². The maximum atomic E-state index is 3.58. The molecule has 19 heavy (non-hydrogen) atoms. The van der Waals surface area contributed by atoms with Crippen LogP contribution >= 0.6 is 0 Å². The van der Waals surface area contributed by atoms with Crippen LogP contribution in [0.2, 0.25) is 0 Å². The molecule has 2 heteroatoms. The molecular weight excluding hydrogens is 232 g/mol. The maximum Gasteiger partial charge on any atom is 0.0105 e. The van der Waals surface area contributed by atoms with Crippen molar-refractivity contribution in [3.8, 4) is 0 Å². The first-order chi connectivity index (χ1) is 9.11. The highest BCUT2D eigenvalue weighted by atomic mass is 15.1. The SMILES string of the molecule is CNC1CCC(C)(C)CC1CN1CCCCCCC1. The van der Waals surface area contributed by atoms with Crippen LogP contribution in [-0.4, -0.2) is 37.6 Å². The van der Waals surface area contributed by atoms with Crippen molar-refractivity contribution in [2.24, 2.45) is 11.3 Å². The maximum absolute atomic E-state index is 3.58. The normalized spacial score (nSPS) is 33.6. The van der Waals surface area contributed by atoms with Gasteiger partial charge >= 0.3 is 0 Å². The molecule has 1 N–H and O–H groups in total. The van der Waals surface area contributed by atoms with E-state index in [1.54, 1.807) is 0 Å². The molecule has 0 aromatic carbocycles.